The number of ether oxygens (including phenoxy) is 1. The van der Waals surface area contributed by atoms with E-state index in [1.807, 2.05) is 5.92 Å². The summed E-state index contributed by atoms with van der Waals surface area (Å²) < 4.78 is 51.9. The molecule has 2 nitrogen and oxygen atoms in total. The second-order valence-corrected chi connectivity index (χ2v) is 2.55. The Morgan fingerprint density at radius 3 is 2.44 bits per heavy atom. The molecule has 0 aliphatic carbocycles. The zero-order valence-electron chi connectivity index (χ0n) is 7.60. The third kappa shape index (κ3) is 3.50. The fourth-order valence-corrected chi connectivity index (χ4v) is 0.890. The first-order valence-electron chi connectivity index (χ1n) is 3.88. The molecule has 0 amide bonds. The van der Waals surface area contributed by atoms with Crippen LogP contribution in [-0.4, -0.2) is 6.36 Å². The van der Waals surface area contributed by atoms with Crippen LogP contribution >= 0.6 is 0 Å². The number of rotatable bonds is 1. The zero-order valence-corrected chi connectivity index (χ0v) is 7.60. The lowest BCUT2D eigenvalue weighted by Gasteiger charge is -2.08. The summed E-state index contributed by atoms with van der Waals surface area (Å²) in [7, 11) is 0. The van der Waals surface area contributed by atoms with Gasteiger partial charge in [0.1, 0.15) is 11.6 Å². The molecule has 0 aromatic heterocycles. The maximum Gasteiger partial charge on any atom is 0.573 e. The lowest BCUT2D eigenvalue weighted by molar-refractivity contribution is -0.274. The van der Waals surface area contributed by atoms with E-state index in [1.54, 1.807) is 0 Å². The number of hydrogen-bond acceptors (Lipinski definition) is 2. The van der Waals surface area contributed by atoms with Crippen molar-refractivity contribution in [2.75, 3.05) is 0 Å². The molecule has 16 heavy (non-hydrogen) atoms. The molecule has 0 aliphatic rings. The molecule has 0 radical (unpaired) electrons. The number of hydrogen-bond donors (Lipinski definition) is 0. The van der Waals surface area contributed by atoms with E-state index >= 15 is 0 Å². The predicted molar refractivity (Wildman–Crippen MR) is 45.6 cm³/mol. The number of halogens is 4. The molecule has 6 heteroatoms. The molecular weight excluding hydrogens is 226 g/mol. The Kier molecular flexibility index (Phi) is 3.37. The van der Waals surface area contributed by atoms with Crippen molar-refractivity contribution < 1.29 is 22.3 Å². The van der Waals surface area contributed by atoms with E-state index in [4.69, 9.17) is 5.26 Å². The first kappa shape index (κ1) is 11.9. The fourth-order valence-electron chi connectivity index (χ4n) is 0.890. The molecule has 1 rings (SSSR count). The zero-order chi connectivity index (χ0) is 12.2. The normalized spacial score (nSPS) is 9.94. The first-order valence-corrected chi connectivity index (χ1v) is 3.88. The molecule has 0 fully saturated rings. The van der Waals surface area contributed by atoms with Gasteiger partial charge in [0.25, 0.3) is 0 Å². The summed E-state index contributed by atoms with van der Waals surface area (Å²) >= 11 is 0. The van der Waals surface area contributed by atoms with Crippen molar-refractivity contribution in [3.63, 3.8) is 0 Å². The number of alkyl halides is 3. The van der Waals surface area contributed by atoms with Crippen molar-refractivity contribution in [2.24, 2.45) is 0 Å². The van der Waals surface area contributed by atoms with Crippen LogP contribution in [0.25, 0.3) is 0 Å². The summed E-state index contributed by atoms with van der Waals surface area (Å²) in [5.74, 6) is 2.40. The summed E-state index contributed by atoms with van der Waals surface area (Å²) in [6.07, 6.45) is -4.87. The number of nitriles is 1. The molecule has 0 heterocycles. The Hall–Kier alpha value is -2.21. The maximum absolute atomic E-state index is 13.1. The molecule has 0 unspecified atom stereocenters. The Labute approximate surface area is 88.1 Å². The average Bonchev–Trinajstić information content (AvgIpc) is 2.14. The largest absolute Gasteiger partial charge is 0.573 e. The van der Waals surface area contributed by atoms with Gasteiger partial charge in [0.05, 0.1) is 5.56 Å². The van der Waals surface area contributed by atoms with Crippen LogP contribution in [0, 0.1) is 29.0 Å². The Morgan fingerprint density at radius 2 is 1.94 bits per heavy atom. The van der Waals surface area contributed by atoms with Crippen molar-refractivity contribution in [3.8, 4) is 23.7 Å². The van der Waals surface area contributed by atoms with Crippen molar-refractivity contribution in [1.29, 1.82) is 5.26 Å². The van der Waals surface area contributed by atoms with Gasteiger partial charge in [0.2, 0.25) is 0 Å². The fraction of sp³-hybridized carbons (Fsp3) is 0.100. The van der Waals surface area contributed by atoms with Crippen LogP contribution in [0.1, 0.15) is 5.56 Å². The highest BCUT2D eigenvalue weighted by Crippen LogP contribution is 2.24. The Morgan fingerprint density at radius 1 is 1.25 bits per heavy atom. The number of nitrogens with zero attached hydrogens (tertiary/aromatic N) is 1. The summed E-state index contributed by atoms with van der Waals surface area (Å²) in [4.78, 5) is 0. The molecule has 1 aromatic rings. The van der Waals surface area contributed by atoms with Gasteiger partial charge in [-0.15, -0.1) is 13.2 Å². The van der Waals surface area contributed by atoms with Crippen molar-refractivity contribution in [1.82, 2.24) is 0 Å². The Bertz CT molecular complexity index is 490. The molecule has 0 saturated heterocycles. The molecule has 1 aromatic carbocycles. The van der Waals surface area contributed by atoms with Gasteiger partial charge in [-0.25, -0.2) is 4.39 Å². The Balaban J connectivity index is 2.97. The quantitative estimate of drug-likeness (QED) is 0.547. The van der Waals surface area contributed by atoms with Crippen molar-refractivity contribution in [2.45, 2.75) is 6.36 Å². The summed E-state index contributed by atoms with van der Waals surface area (Å²) in [6.45, 7) is 0. The predicted octanol–water partition coefficient (Wildman–Crippen LogP) is 2.60. The monoisotopic (exact) mass is 229 g/mol. The van der Waals surface area contributed by atoms with Gasteiger partial charge in [0.15, 0.2) is 6.07 Å². The van der Waals surface area contributed by atoms with E-state index in [-0.39, 0.29) is 5.56 Å². The highest BCUT2D eigenvalue weighted by atomic mass is 19.4. The van der Waals surface area contributed by atoms with E-state index in [1.165, 1.54) is 6.07 Å². The van der Waals surface area contributed by atoms with E-state index in [0.717, 1.165) is 12.1 Å². The van der Waals surface area contributed by atoms with Gasteiger partial charge in [-0.05, 0) is 18.1 Å². The molecule has 0 spiro atoms. The molecule has 0 saturated carbocycles. The van der Waals surface area contributed by atoms with E-state index < -0.39 is 17.9 Å². The second-order valence-electron chi connectivity index (χ2n) is 2.55. The molecular formula is C10H3F4NO. The minimum Gasteiger partial charge on any atom is -0.406 e. The van der Waals surface area contributed by atoms with Gasteiger partial charge in [0, 0.05) is 12.0 Å². The van der Waals surface area contributed by atoms with Gasteiger partial charge in [-0.1, -0.05) is 0 Å². The smallest absolute Gasteiger partial charge is 0.406 e. The highest BCUT2D eigenvalue weighted by Gasteiger charge is 2.31. The van der Waals surface area contributed by atoms with Crippen LogP contribution in [0.15, 0.2) is 18.2 Å². The van der Waals surface area contributed by atoms with E-state index in [2.05, 4.69) is 10.7 Å². The van der Waals surface area contributed by atoms with Gasteiger partial charge < -0.3 is 4.74 Å². The third-order valence-corrected chi connectivity index (χ3v) is 1.43. The molecule has 0 bridgehead atoms. The van der Waals surface area contributed by atoms with Crippen LogP contribution in [0.5, 0.6) is 5.75 Å². The molecule has 0 N–H and O–H groups in total. The third-order valence-electron chi connectivity index (χ3n) is 1.43. The highest BCUT2D eigenvalue weighted by molar-refractivity contribution is 5.41. The topological polar surface area (TPSA) is 33.0 Å². The minimum absolute atomic E-state index is 0.170. The van der Waals surface area contributed by atoms with Crippen LogP contribution in [0.4, 0.5) is 17.6 Å². The molecule has 0 atom stereocenters. The summed E-state index contributed by atoms with van der Waals surface area (Å²) in [5, 5.41) is 8.11. The van der Waals surface area contributed by atoms with Crippen LogP contribution in [0.2, 0.25) is 0 Å². The van der Waals surface area contributed by atoms with Crippen LogP contribution < -0.4 is 4.74 Å². The minimum atomic E-state index is -4.87. The SMILES string of the molecule is N#CC#Cc1ccc(OC(F)(F)F)cc1F. The van der Waals surface area contributed by atoms with Crippen molar-refractivity contribution in [3.05, 3.63) is 29.6 Å². The van der Waals surface area contributed by atoms with E-state index in [9.17, 15) is 17.6 Å². The lowest BCUT2D eigenvalue weighted by atomic mass is 10.2. The summed E-state index contributed by atoms with van der Waals surface area (Å²) in [6, 6.07) is 3.92. The second kappa shape index (κ2) is 4.54. The van der Waals surface area contributed by atoms with Crippen LogP contribution in [0.3, 0.4) is 0 Å². The molecule has 0 aliphatic heterocycles. The molecule has 82 valence electrons. The van der Waals surface area contributed by atoms with Gasteiger partial charge in [-0.3, -0.25) is 0 Å². The summed E-state index contributed by atoms with van der Waals surface area (Å²) in [5.41, 5.74) is -0.170. The van der Waals surface area contributed by atoms with Crippen molar-refractivity contribution >= 4 is 0 Å². The van der Waals surface area contributed by atoms with Gasteiger partial charge >= 0.3 is 6.36 Å². The maximum atomic E-state index is 13.1. The number of benzene rings is 1. The average molecular weight is 229 g/mol. The first-order chi connectivity index (χ1) is 7.42. The van der Waals surface area contributed by atoms with Crippen LogP contribution in [-0.2, 0) is 0 Å². The lowest BCUT2D eigenvalue weighted by Crippen LogP contribution is -2.17. The standard InChI is InChI=1S/C10H3F4NO/c11-9-6-8(16-10(12,13)14)4-3-7(9)2-1-5-15/h3-4,6H. The van der Waals surface area contributed by atoms with Gasteiger partial charge in [-0.2, -0.15) is 5.26 Å². The van der Waals surface area contributed by atoms with E-state index in [0.29, 0.717) is 6.07 Å².